The first-order chi connectivity index (χ1) is 14.0. The standard InChI is InChI=1S/C20H16F2N2O4S/c1-11-17(12-6-8-13(9-7-12)27-19(21)22)23-20(29-11)24-18(25)16-10-26-14-4-2-3-5-15(14)28-16/h2-9,16,19H,10H2,1H3,(H,23,24,25). The normalized spacial score (nSPS) is 15.2. The van der Waals surface area contributed by atoms with E-state index in [1.54, 1.807) is 30.3 Å². The number of alkyl halides is 2. The minimum atomic E-state index is -2.87. The van der Waals surface area contributed by atoms with Crippen molar-refractivity contribution in [2.24, 2.45) is 0 Å². The molecule has 1 amide bonds. The van der Waals surface area contributed by atoms with Gasteiger partial charge in [0, 0.05) is 10.4 Å². The van der Waals surface area contributed by atoms with Gasteiger partial charge in [0.25, 0.3) is 5.91 Å². The molecule has 1 aliphatic heterocycles. The summed E-state index contributed by atoms with van der Waals surface area (Å²) >= 11 is 1.31. The molecule has 1 atom stereocenters. The second-order valence-electron chi connectivity index (χ2n) is 6.18. The Balaban J connectivity index is 1.45. The summed E-state index contributed by atoms with van der Waals surface area (Å²) in [5.41, 5.74) is 1.38. The SMILES string of the molecule is Cc1sc(NC(=O)C2COc3ccccc3O2)nc1-c1ccc(OC(F)F)cc1. The largest absolute Gasteiger partial charge is 0.485 e. The van der Waals surface area contributed by atoms with Crippen LogP contribution in [-0.2, 0) is 4.79 Å². The Hall–Kier alpha value is -3.20. The molecule has 1 N–H and O–H groups in total. The number of anilines is 1. The number of fused-ring (bicyclic) bond motifs is 1. The summed E-state index contributed by atoms with van der Waals surface area (Å²) in [7, 11) is 0. The van der Waals surface area contributed by atoms with Crippen LogP contribution in [0.3, 0.4) is 0 Å². The van der Waals surface area contributed by atoms with Crippen molar-refractivity contribution < 1.29 is 27.8 Å². The number of carbonyl (C=O) groups is 1. The third-order valence-electron chi connectivity index (χ3n) is 4.18. The Morgan fingerprint density at radius 3 is 2.66 bits per heavy atom. The minimum Gasteiger partial charge on any atom is -0.485 e. The van der Waals surface area contributed by atoms with E-state index in [-0.39, 0.29) is 18.3 Å². The van der Waals surface area contributed by atoms with Crippen LogP contribution in [0.25, 0.3) is 11.3 Å². The molecule has 3 aromatic rings. The molecule has 4 rings (SSSR count). The van der Waals surface area contributed by atoms with Gasteiger partial charge >= 0.3 is 6.61 Å². The van der Waals surface area contributed by atoms with Crippen molar-refractivity contribution in [2.75, 3.05) is 11.9 Å². The van der Waals surface area contributed by atoms with Crippen molar-refractivity contribution in [1.82, 2.24) is 4.98 Å². The molecule has 1 aliphatic rings. The predicted octanol–water partition coefficient (Wildman–Crippen LogP) is 4.50. The number of para-hydroxylation sites is 2. The molecule has 150 valence electrons. The summed E-state index contributed by atoms with van der Waals surface area (Å²) in [5, 5.41) is 3.17. The third-order valence-corrected chi connectivity index (χ3v) is 5.07. The molecule has 1 unspecified atom stereocenters. The molecule has 29 heavy (non-hydrogen) atoms. The fourth-order valence-corrected chi connectivity index (χ4v) is 3.69. The molecule has 2 aromatic carbocycles. The van der Waals surface area contributed by atoms with Crippen LogP contribution < -0.4 is 19.5 Å². The minimum absolute atomic E-state index is 0.0693. The molecule has 0 bridgehead atoms. The number of aromatic nitrogens is 1. The highest BCUT2D eigenvalue weighted by molar-refractivity contribution is 7.16. The van der Waals surface area contributed by atoms with E-state index in [9.17, 15) is 13.6 Å². The maximum absolute atomic E-state index is 12.5. The number of ether oxygens (including phenoxy) is 3. The van der Waals surface area contributed by atoms with E-state index in [0.717, 1.165) is 10.4 Å². The van der Waals surface area contributed by atoms with Crippen LogP contribution in [0.15, 0.2) is 48.5 Å². The second-order valence-corrected chi connectivity index (χ2v) is 7.38. The van der Waals surface area contributed by atoms with Gasteiger partial charge in [-0.15, -0.1) is 11.3 Å². The van der Waals surface area contributed by atoms with Gasteiger partial charge in [0.15, 0.2) is 16.6 Å². The summed E-state index contributed by atoms with van der Waals surface area (Å²) in [4.78, 5) is 17.9. The quantitative estimate of drug-likeness (QED) is 0.661. The van der Waals surface area contributed by atoms with E-state index in [2.05, 4.69) is 15.0 Å². The lowest BCUT2D eigenvalue weighted by Gasteiger charge is -2.25. The Labute approximate surface area is 169 Å². The second kappa shape index (κ2) is 8.04. The third kappa shape index (κ3) is 4.29. The van der Waals surface area contributed by atoms with Crippen molar-refractivity contribution >= 4 is 22.4 Å². The van der Waals surface area contributed by atoms with Gasteiger partial charge in [-0.05, 0) is 43.3 Å². The summed E-state index contributed by atoms with van der Waals surface area (Å²) in [6.45, 7) is -0.907. The molecule has 2 heterocycles. The summed E-state index contributed by atoms with van der Waals surface area (Å²) < 4.78 is 40.2. The molecular weight excluding hydrogens is 402 g/mol. The molecule has 0 radical (unpaired) electrons. The van der Waals surface area contributed by atoms with E-state index in [1.165, 1.54) is 23.5 Å². The Kier molecular flexibility index (Phi) is 5.30. The van der Waals surface area contributed by atoms with E-state index >= 15 is 0 Å². The Morgan fingerprint density at radius 2 is 1.93 bits per heavy atom. The zero-order valence-corrected chi connectivity index (χ0v) is 16.0. The fraction of sp³-hybridized carbons (Fsp3) is 0.200. The van der Waals surface area contributed by atoms with E-state index in [4.69, 9.17) is 9.47 Å². The van der Waals surface area contributed by atoms with Gasteiger partial charge in [-0.2, -0.15) is 8.78 Å². The van der Waals surface area contributed by atoms with E-state index < -0.39 is 12.7 Å². The van der Waals surface area contributed by atoms with Crippen LogP contribution in [0.2, 0.25) is 0 Å². The summed E-state index contributed by atoms with van der Waals surface area (Å²) in [6, 6.07) is 13.3. The van der Waals surface area contributed by atoms with Crippen LogP contribution in [-0.4, -0.2) is 30.2 Å². The zero-order valence-electron chi connectivity index (χ0n) is 15.2. The summed E-state index contributed by atoms with van der Waals surface area (Å²) in [6.07, 6.45) is -0.789. The van der Waals surface area contributed by atoms with Crippen molar-refractivity contribution in [1.29, 1.82) is 0 Å². The number of rotatable bonds is 5. The highest BCUT2D eigenvalue weighted by Gasteiger charge is 2.28. The molecule has 1 aromatic heterocycles. The van der Waals surface area contributed by atoms with Crippen molar-refractivity contribution in [3.05, 3.63) is 53.4 Å². The van der Waals surface area contributed by atoms with Crippen molar-refractivity contribution in [3.63, 3.8) is 0 Å². The number of nitrogens with zero attached hydrogens (tertiary/aromatic N) is 1. The molecule has 6 nitrogen and oxygen atoms in total. The average molecular weight is 418 g/mol. The van der Waals surface area contributed by atoms with Gasteiger partial charge in [0.05, 0.1) is 5.69 Å². The number of amides is 1. The van der Waals surface area contributed by atoms with E-state index in [1.807, 2.05) is 13.0 Å². The van der Waals surface area contributed by atoms with Gasteiger partial charge in [-0.1, -0.05) is 12.1 Å². The van der Waals surface area contributed by atoms with Gasteiger partial charge in [0.1, 0.15) is 12.4 Å². The zero-order chi connectivity index (χ0) is 20.4. The first kappa shape index (κ1) is 19.1. The fourth-order valence-electron chi connectivity index (χ4n) is 2.85. The molecule has 0 aliphatic carbocycles. The summed E-state index contributed by atoms with van der Waals surface area (Å²) in [5.74, 6) is 0.824. The predicted molar refractivity (Wildman–Crippen MR) is 104 cm³/mol. The number of thiazole rings is 1. The smallest absolute Gasteiger partial charge is 0.387 e. The number of halogens is 2. The van der Waals surface area contributed by atoms with Gasteiger partial charge in [-0.3, -0.25) is 10.1 Å². The van der Waals surface area contributed by atoms with Gasteiger partial charge in [0.2, 0.25) is 6.10 Å². The number of nitrogens with one attached hydrogen (secondary N) is 1. The molecule has 0 fully saturated rings. The number of benzene rings is 2. The Morgan fingerprint density at radius 1 is 1.21 bits per heavy atom. The van der Waals surface area contributed by atoms with E-state index in [0.29, 0.717) is 22.3 Å². The number of hydrogen-bond acceptors (Lipinski definition) is 6. The highest BCUT2D eigenvalue weighted by atomic mass is 32.1. The van der Waals surface area contributed by atoms with Crippen molar-refractivity contribution in [2.45, 2.75) is 19.6 Å². The lowest BCUT2D eigenvalue weighted by molar-refractivity contribution is -0.125. The molecule has 0 saturated carbocycles. The number of carbonyl (C=O) groups excluding carboxylic acids is 1. The highest BCUT2D eigenvalue weighted by Crippen LogP contribution is 2.33. The number of aryl methyl sites for hydroxylation is 1. The molecular formula is C20H16F2N2O4S. The van der Waals surface area contributed by atoms with Gasteiger partial charge < -0.3 is 14.2 Å². The monoisotopic (exact) mass is 418 g/mol. The van der Waals surface area contributed by atoms with Crippen LogP contribution in [0, 0.1) is 6.92 Å². The lowest BCUT2D eigenvalue weighted by Crippen LogP contribution is -2.40. The first-order valence-corrected chi connectivity index (χ1v) is 9.53. The maximum atomic E-state index is 12.5. The van der Waals surface area contributed by atoms with Crippen LogP contribution in [0.4, 0.5) is 13.9 Å². The van der Waals surface area contributed by atoms with Crippen molar-refractivity contribution in [3.8, 4) is 28.5 Å². The van der Waals surface area contributed by atoms with Gasteiger partial charge in [-0.25, -0.2) is 4.98 Å². The molecule has 0 saturated heterocycles. The van der Waals surface area contributed by atoms with Crippen LogP contribution >= 0.6 is 11.3 Å². The Bertz CT molecular complexity index is 1020. The van der Waals surface area contributed by atoms with Crippen LogP contribution in [0.1, 0.15) is 4.88 Å². The maximum Gasteiger partial charge on any atom is 0.387 e. The number of hydrogen-bond donors (Lipinski definition) is 1. The van der Waals surface area contributed by atoms with Crippen LogP contribution in [0.5, 0.6) is 17.2 Å². The molecule has 9 heteroatoms. The molecule has 0 spiro atoms. The first-order valence-electron chi connectivity index (χ1n) is 8.71. The topological polar surface area (TPSA) is 69.7 Å². The lowest BCUT2D eigenvalue weighted by atomic mass is 10.1. The average Bonchev–Trinajstić information content (AvgIpc) is 3.07.